The largest absolute Gasteiger partial charge is 0.496 e. The van der Waals surface area contributed by atoms with Gasteiger partial charge in [-0.1, -0.05) is 20.3 Å². The van der Waals surface area contributed by atoms with E-state index in [4.69, 9.17) is 19.2 Å². The number of nitrogens with zero attached hydrogens (tertiary/aromatic N) is 2. The van der Waals surface area contributed by atoms with Crippen LogP contribution in [0.3, 0.4) is 0 Å². The number of rotatable bonds is 9. The highest BCUT2D eigenvalue weighted by Crippen LogP contribution is 2.44. The van der Waals surface area contributed by atoms with E-state index in [1.165, 1.54) is 20.0 Å². The highest BCUT2D eigenvalue weighted by molar-refractivity contribution is 5.83. The van der Waals surface area contributed by atoms with Crippen molar-refractivity contribution in [1.82, 2.24) is 9.55 Å². The zero-order valence-corrected chi connectivity index (χ0v) is 22.4. The fourth-order valence-corrected chi connectivity index (χ4v) is 5.24. The third-order valence-corrected chi connectivity index (χ3v) is 6.94. The number of aromatic nitrogens is 2. The molecule has 36 heavy (non-hydrogen) atoms. The normalized spacial score (nSPS) is 17.2. The van der Waals surface area contributed by atoms with E-state index in [0.717, 1.165) is 52.6 Å². The lowest BCUT2D eigenvalue weighted by atomic mass is 9.75. The van der Waals surface area contributed by atoms with Gasteiger partial charge in [-0.3, -0.25) is 4.79 Å². The van der Waals surface area contributed by atoms with Crippen LogP contribution in [0.2, 0.25) is 0 Å². The molecule has 1 aromatic heterocycles. The Labute approximate surface area is 214 Å². The molecule has 4 rings (SSSR count). The van der Waals surface area contributed by atoms with Crippen molar-refractivity contribution in [3.05, 3.63) is 42.0 Å². The van der Waals surface area contributed by atoms with E-state index >= 15 is 0 Å². The van der Waals surface area contributed by atoms with Crippen molar-refractivity contribution in [2.45, 2.75) is 78.4 Å². The van der Waals surface area contributed by atoms with Crippen LogP contribution in [-0.2, 0) is 16.0 Å². The van der Waals surface area contributed by atoms with Crippen molar-refractivity contribution >= 4 is 28.6 Å². The van der Waals surface area contributed by atoms with Gasteiger partial charge in [-0.2, -0.15) is 0 Å². The number of benzene rings is 2. The Kier molecular flexibility index (Phi) is 7.76. The number of nitrogens with one attached hydrogen (secondary N) is 1. The number of hydrogen-bond donors (Lipinski definition) is 1. The van der Waals surface area contributed by atoms with Crippen molar-refractivity contribution in [2.75, 3.05) is 19.5 Å². The van der Waals surface area contributed by atoms with E-state index in [9.17, 15) is 4.79 Å². The Balaban J connectivity index is 1.74. The van der Waals surface area contributed by atoms with Crippen LogP contribution in [0, 0.1) is 5.41 Å². The number of anilines is 2. The molecule has 0 spiro atoms. The van der Waals surface area contributed by atoms with Crippen LogP contribution in [0.1, 0.15) is 71.4 Å². The Morgan fingerprint density at radius 2 is 1.94 bits per heavy atom. The zero-order chi connectivity index (χ0) is 25.9. The molecular formula is C29H39N3O4. The van der Waals surface area contributed by atoms with Gasteiger partial charge in [-0.15, -0.1) is 0 Å². The van der Waals surface area contributed by atoms with E-state index in [-0.39, 0.29) is 17.5 Å². The van der Waals surface area contributed by atoms with Gasteiger partial charge in [0, 0.05) is 24.2 Å². The summed E-state index contributed by atoms with van der Waals surface area (Å²) in [5, 5.41) is 3.56. The minimum Gasteiger partial charge on any atom is -0.496 e. The van der Waals surface area contributed by atoms with E-state index in [1.807, 2.05) is 44.2 Å². The molecule has 0 radical (unpaired) electrons. The molecule has 0 bridgehead atoms. The molecule has 1 aliphatic rings. The molecule has 0 amide bonds. The number of carbonyl (C=O) groups excluding carboxylic acids is 1. The predicted molar refractivity (Wildman–Crippen MR) is 143 cm³/mol. The molecule has 1 saturated carbocycles. The summed E-state index contributed by atoms with van der Waals surface area (Å²) < 4.78 is 18.7. The second kappa shape index (κ2) is 10.8. The molecule has 194 valence electrons. The first-order valence-corrected chi connectivity index (χ1v) is 12.9. The second-order valence-corrected chi connectivity index (χ2v) is 10.8. The molecule has 0 aliphatic heterocycles. The van der Waals surface area contributed by atoms with Crippen LogP contribution < -0.4 is 14.8 Å². The molecule has 7 nitrogen and oxygen atoms in total. The minimum atomic E-state index is -0.237. The van der Waals surface area contributed by atoms with E-state index in [1.54, 1.807) is 7.11 Å². The number of fused-ring (bicyclic) bond motifs is 1. The van der Waals surface area contributed by atoms with Gasteiger partial charge in [0.2, 0.25) is 5.95 Å². The van der Waals surface area contributed by atoms with Crippen molar-refractivity contribution in [3.63, 3.8) is 0 Å². The zero-order valence-electron chi connectivity index (χ0n) is 22.4. The first-order chi connectivity index (χ1) is 17.2. The van der Waals surface area contributed by atoms with Crippen molar-refractivity contribution in [3.8, 4) is 11.5 Å². The highest BCUT2D eigenvalue weighted by Gasteiger charge is 2.31. The summed E-state index contributed by atoms with van der Waals surface area (Å²) in [4.78, 5) is 16.8. The average molecular weight is 494 g/mol. The van der Waals surface area contributed by atoms with Crippen molar-refractivity contribution < 1.29 is 19.0 Å². The first kappa shape index (κ1) is 25.9. The summed E-state index contributed by atoms with van der Waals surface area (Å²) in [6, 6.07) is 12.5. The molecule has 0 unspecified atom stereocenters. The molecule has 2 aromatic carbocycles. The summed E-state index contributed by atoms with van der Waals surface area (Å²) in [5.74, 6) is 2.19. The SMILES string of the molecule is COC(=O)CCc1cc2nc(Nc3ccc(OC(C)C)cc3)n([C@H]3CCCC(C)(C)C3)c2cc1OC. The van der Waals surface area contributed by atoms with E-state index in [2.05, 4.69) is 29.8 Å². The van der Waals surface area contributed by atoms with Crippen LogP contribution in [0.5, 0.6) is 11.5 Å². The van der Waals surface area contributed by atoms with Crippen LogP contribution in [0.15, 0.2) is 36.4 Å². The third-order valence-electron chi connectivity index (χ3n) is 6.94. The van der Waals surface area contributed by atoms with Crippen LogP contribution in [-0.4, -0.2) is 35.8 Å². The van der Waals surface area contributed by atoms with Crippen molar-refractivity contribution in [1.29, 1.82) is 0 Å². The number of imidazole rings is 1. The number of ether oxygens (including phenoxy) is 3. The van der Waals surface area contributed by atoms with Crippen LogP contribution in [0.4, 0.5) is 11.6 Å². The third kappa shape index (κ3) is 5.94. The predicted octanol–water partition coefficient (Wildman–Crippen LogP) is 6.82. The quantitative estimate of drug-likeness (QED) is 0.330. The Hall–Kier alpha value is -3.22. The summed E-state index contributed by atoms with van der Waals surface area (Å²) in [6.45, 7) is 8.75. The maximum atomic E-state index is 11.8. The fraction of sp³-hybridized carbons (Fsp3) is 0.517. The maximum Gasteiger partial charge on any atom is 0.305 e. The number of methoxy groups -OCH3 is 2. The summed E-state index contributed by atoms with van der Waals surface area (Å²) in [6.07, 6.45) is 5.58. The molecule has 0 saturated heterocycles. The maximum absolute atomic E-state index is 11.8. The van der Waals surface area contributed by atoms with Gasteiger partial charge in [0.25, 0.3) is 0 Å². The Morgan fingerprint density at radius 1 is 1.19 bits per heavy atom. The topological polar surface area (TPSA) is 74.6 Å². The number of esters is 1. The highest BCUT2D eigenvalue weighted by atomic mass is 16.5. The van der Waals surface area contributed by atoms with Gasteiger partial charge in [0.15, 0.2) is 0 Å². The van der Waals surface area contributed by atoms with E-state index < -0.39 is 0 Å². The lowest BCUT2D eigenvalue weighted by Gasteiger charge is -2.36. The molecule has 1 N–H and O–H groups in total. The fourth-order valence-electron chi connectivity index (χ4n) is 5.24. The van der Waals surface area contributed by atoms with Crippen LogP contribution >= 0.6 is 0 Å². The smallest absolute Gasteiger partial charge is 0.305 e. The molecule has 1 heterocycles. The van der Waals surface area contributed by atoms with Gasteiger partial charge in [0.05, 0.1) is 31.4 Å². The van der Waals surface area contributed by atoms with Gasteiger partial charge in [-0.25, -0.2) is 4.98 Å². The molecule has 3 aromatic rings. The standard InChI is InChI=1S/C29H39N3O4/c1-19(2)36-23-12-10-21(11-13-23)30-28-31-24-16-20(9-14-27(33)35-6)26(34-5)17-25(24)32(28)22-8-7-15-29(3,4)18-22/h10-13,16-17,19,22H,7-9,14-15,18H2,1-6H3,(H,30,31)/t22-/m0/s1. The molecule has 7 heteroatoms. The van der Waals surface area contributed by atoms with Gasteiger partial charge in [-0.05, 0) is 80.8 Å². The Bertz CT molecular complexity index is 1200. The summed E-state index contributed by atoms with van der Waals surface area (Å²) in [7, 11) is 3.09. The number of carbonyl (C=O) groups is 1. The van der Waals surface area contributed by atoms with Gasteiger partial charge < -0.3 is 24.1 Å². The molecule has 1 atom stereocenters. The average Bonchev–Trinajstić information content (AvgIpc) is 3.18. The first-order valence-electron chi connectivity index (χ1n) is 12.9. The monoisotopic (exact) mass is 493 g/mol. The van der Waals surface area contributed by atoms with Crippen LogP contribution in [0.25, 0.3) is 11.0 Å². The summed E-state index contributed by atoms with van der Waals surface area (Å²) >= 11 is 0. The van der Waals surface area contributed by atoms with E-state index in [0.29, 0.717) is 18.9 Å². The molecule has 1 aliphatic carbocycles. The van der Waals surface area contributed by atoms with Gasteiger partial charge >= 0.3 is 5.97 Å². The lowest BCUT2D eigenvalue weighted by molar-refractivity contribution is -0.140. The number of aryl methyl sites for hydroxylation is 1. The Morgan fingerprint density at radius 3 is 2.58 bits per heavy atom. The summed E-state index contributed by atoms with van der Waals surface area (Å²) in [5.41, 5.74) is 4.11. The molecular weight excluding hydrogens is 454 g/mol. The molecule has 1 fully saturated rings. The number of hydrogen-bond acceptors (Lipinski definition) is 6. The van der Waals surface area contributed by atoms with Gasteiger partial charge in [0.1, 0.15) is 11.5 Å². The van der Waals surface area contributed by atoms with Crippen molar-refractivity contribution in [2.24, 2.45) is 5.41 Å². The minimum absolute atomic E-state index is 0.131. The second-order valence-electron chi connectivity index (χ2n) is 10.8. The lowest BCUT2D eigenvalue weighted by Crippen LogP contribution is -2.25.